The van der Waals surface area contributed by atoms with Crippen LogP contribution in [-0.4, -0.2) is 11.2 Å². The second kappa shape index (κ2) is 3.61. The van der Waals surface area contributed by atoms with Crippen molar-refractivity contribution in [3.05, 3.63) is 29.8 Å². The molecule has 64 valence electrons. The zero-order valence-electron chi connectivity index (χ0n) is 6.57. The van der Waals surface area contributed by atoms with E-state index in [0.29, 0.717) is 5.75 Å². The summed E-state index contributed by atoms with van der Waals surface area (Å²) in [7, 11) is 0. The number of hydrogen-bond donors (Lipinski definition) is 2. The summed E-state index contributed by atoms with van der Waals surface area (Å²) in [5.41, 5.74) is 2.89. The van der Waals surface area contributed by atoms with Crippen LogP contribution in [0.15, 0.2) is 24.3 Å². The molecule has 0 aliphatic carbocycles. The molecule has 0 atom stereocenters. The third-order valence-electron chi connectivity index (χ3n) is 1.28. The van der Waals surface area contributed by atoms with Crippen LogP contribution in [0, 0.1) is 6.92 Å². The number of aryl methyl sites for hydroxylation is 1. The molecule has 0 unspecified atom stereocenters. The molecule has 4 heteroatoms. The number of carboxylic acid groups (broad SMARTS) is 1. The van der Waals surface area contributed by atoms with Crippen molar-refractivity contribution >= 4 is 6.09 Å². The summed E-state index contributed by atoms with van der Waals surface area (Å²) < 4.78 is 0. The van der Waals surface area contributed by atoms with Gasteiger partial charge in [0.1, 0.15) is 0 Å². The molecular formula is C8H9NO3. The van der Waals surface area contributed by atoms with E-state index < -0.39 is 6.09 Å². The van der Waals surface area contributed by atoms with Gasteiger partial charge in [-0.2, -0.15) is 5.48 Å². The van der Waals surface area contributed by atoms with Crippen LogP contribution in [0.3, 0.4) is 0 Å². The lowest BCUT2D eigenvalue weighted by molar-refractivity contribution is 0.136. The fourth-order valence-corrected chi connectivity index (χ4v) is 0.709. The normalized spacial score (nSPS) is 9.08. The first-order chi connectivity index (χ1) is 5.68. The summed E-state index contributed by atoms with van der Waals surface area (Å²) in [6.07, 6.45) is -1.21. The van der Waals surface area contributed by atoms with Crippen molar-refractivity contribution in [2.75, 3.05) is 0 Å². The van der Waals surface area contributed by atoms with Gasteiger partial charge < -0.3 is 9.94 Å². The Hall–Kier alpha value is -1.71. The van der Waals surface area contributed by atoms with E-state index in [1.54, 1.807) is 17.6 Å². The predicted octanol–water partition coefficient (Wildman–Crippen LogP) is 1.56. The van der Waals surface area contributed by atoms with Gasteiger partial charge in [0.05, 0.1) is 0 Å². The van der Waals surface area contributed by atoms with Gasteiger partial charge in [-0.3, -0.25) is 0 Å². The summed E-state index contributed by atoms with van der Waals surface area (Å²) in [5.74, 6) is 0.475. The Kier molecular flexibility index (Phi) is 2.53. The monoisotopic (exact) mass is 167 g/mol. The predicted molar refractivity (Wildman–Crippen MR) is 43.0 cm³/mol. The number of benzene rings is 1. The Balaban J connectivity index is 2.53. The summed E-state index contributed by atoms with van der Waals surface area (Å²) in [6.45, 7) is 1.94. The van der Waals surface area contributed by atoms with Crippen LogP contribution >= 0.6 is 0 Å². The molecule has 0 spiro atoms. The van der Waals surface area contributed by atoms with Gasteiger partial charge in [0.25, 0.3) is 0 Å². The van der Waals surface area contributed by atoms with Crippen molar-refractivity contribution in [3.8, 4) is 5.75 Å². The summed E-state index contributed by atoms with van der Waals surface area (Å²) in [4.78, 5) is 14.7. The third-order valence-corrected chi connectivity index (χ3v) is 1.28. The van der Waals surface area contributed by atoms with Crippen LogP contribution in [0.4, 0.5) is 4.79 Å². The molecule has 12 heavy (non-hydrogen) atoms. The van der Waals surface area contributed by atoms with Gasteiger partial charge in [-0.25, -0.2) is 4.79 Å². The molecular weight excluding hydrogens is 158 g/mol. The Labute approximate surface area is 69.7 Å². The van der Waals surface area contributed by atoms with Crippen molar-refractivity contribution in [2.24, 2.45) is 0 Å². The van der Waals surface area contributed by atoms with Crippen molar-refractivity contribution in [2.45, 2.75) is 6.92 Å². The van der Waals surface area contributed by atoms with Crippen molar-refractivity contribution in [3.63, 3.8) is 0 Å². The molecule has 0 bridgehead atoms. The topological polar surface area (TPSA) is 58.6 Å². The van der Waals surface area contributed by atoms with E-state index in [4.69, 9.17) is 5.11 Å². The first kappa shape index (κ1) is 8.39. The van der Waals surface area contributed by atoms with Crippen molar-refractivity contribution < 1.29 is 14.7 Å². The van der Waals surface area contributed by atoms with Crippen LogP contribution in [0.2, 0.25) is 0 Å². The highest BCUT2D eigenvalue weighted by Crippen LogP contribution is 2.09. The number of hydroxylamine groups is 1. The van der Waals surface area contributed by atoms with E-state index in [1.165, 1.54) is 0 Å². The Morgan fingerprint density at radius 3 is 2.50 bits per heavy atom. The highest BCUT2D eigenvalue weighted by molar-refractivity contribution is 5.63. The van der Waals surface area contributed by atoms with Gasteiger partial charge in [-0.15, -0.1) is 0 Å². The second-order valence-corrected chi connectivity index (χ2v) is 2.32. The minimum Gasteiger partial charge on any atom is -0.463 e. The van der Waals surface area contributed by atoms with Crippen LogP contribution in [0.25, 0.3) is 0 Å². The van der Waals surface area contributed by atoms with Crippen molar-refractivity contribution in [1.82, 2.24) is 5.48 Å². The summed E-state index contributed by atoms with van der Waals surface area (Å²) >= 11 is 0. The molecule has 0 aliphatic rings. The zero-order valence-corrected chi connectivity index (χ0v) is 6.57. The van der Waals surface area contributed by atoms with E-state index in [2.05, 4.69) is 4.84 Å². The van der Waals surface area contributed by atoms with Gasteiger partial charge in [0.15, 0.2) is 5.75 Å². The standard InChI is InChI=1S/C8H9NO3/c1-6-2-4-7(5-3-6)12-9-8(10)11/h2-5,9H,1H3,(H,10,11). The average Bonchev–Trinajstić information content (AvgIpc) is 2.03. The molecule has 1 aromatic rings. The first-order valence-electron chi connectivity index (χ1n) is 3.41. The maximum atomic E-state index is 10.0. The van der Waals surface area contributed by atoms with Gasteiger partial charge in [0.2, 0.25) is 0 Å². The molecule has 1 aromatic carbocycles. The molecule has 1 amide bonds. The largest absolute Gasteiger partial charge is 0.463 e. The minimum atomic E-state index is -1.21. The van der Waals surface area contributed by atoms with Crippen molar-refractivity contribution in [1.29, 1.82) is 0 Å². The lowest BCUT2D eigenvalue weighted by Crippen LogP contribution is -2.24. The molecule has 0 aliphatic heterocycles. The lowest BCUT2D eigenvalue weighted by Gasteiger charge is -2.02. The zero-order chi connectivity index (χ0) is 8.97. The summed E-state index contributed by atoms with van der Waals surface area (Å²) in [6, 6.07) is 7.04. The Morgan fingerprint density at radius 2 is 2.00 bits per heavy atom. The highest BCUT2D eigenvalue weighted by Gasteiger charge is 1.95. The van der Waals surface area contributed by atoms with E-state index in [0.717, 1.165) is 5.56 Å². The minimum absolute atomic E-state index is 0.475. The lowest BCUT2D eigenvalue weighted by atomic mass is 10.2. The Morgan fingerprint density at radius 1 is 1.42 bits per heavy atom. The fourth-order valence-electron chi connectivity index (χ4n) is 0.709. The molecule has 0 aromatic heterocycles. The molecule has 0 radical (unpaired) electrons. The smallest absolute Gasteiger partial charge is 0.438 e. The van der Waals surface area contributed by atoms with E-state index in [9.17, 15) is 4.79 Å². The molecule has 1 rings (SSSR count). The first-order valence-corrected chi connectivity index (χ1v) is 3.41. The number of hydrogen-bond acceptors (Lipinski definition) is 2. The van der Waals surface area contributed by atoms with E-state index >= 15 is 0 Å². The number of nitrogens with one attached hydrogen (secondary N) is 1. The molecule has 4 nitrogen and oxygen atoms in total. The van der Waals surface area contributed by atoms with Gasteiger partial charge in [0, 0.05) is 0 Å². The van der Waals surface area contributed by atoms with Gasteiger partial charge in [-0.05, 0) is 19.1 Å². The van der Waals surface area contributed by atoms with Crippen LogP contribution in [-0.2, 0) is 0 Å². The SMILES string of the molecule is Cc1ccc(ONC(=O)O)cc1. The maximum Gasteiger partial charge on any atom is 0.438 e. The Bertz CT molecular complexity index is 268. The summed E-state index contributed by atoms with van der Waals surface area (Å²) in [5, 5.41) is 8.19. The average molecular weight is 167 g/mol. The van der Waals surface area contributed by atoms with Crippen LogP contribution in [0.5, 0.6) is 5.75 Å². The van der Waals surface area contributed by atoms with Gasteiger partial charge >= 0.3 is 6.09 Å². The quantitative estimate of drug-likeness (QED) is 0.657. The van der Waals surface area contributed by atoms with Crippen LogP contribution in [0.1, 0.15) is 5.56 Å². The van der Waals surface area contributed by atoms with E-state index in [1.807, 2.05) is 19.1 Å². The number of amides is 1. The second-order valence-electron chi connectivity index (χ2n) is 2.32. The number of rotatable bonds is 2. The molecule has 0 saturated carbocycles. The molecule has 0 heterocycles. The van der Waals surface area contributed by atoms with Crippen LogP contribution < -0.4 is 10.3 Å². The van der Waals surface area contributed by atoms with Gasteiger partial charge in [-0.1, -0.05) is 17.7 Å². The maximum absolute atomic E-state index is 10.0. The molecule has 0 fully saturated rings. The van der Waals surface area contributed by atoms with E-state index in [-0.39, 0.29) is 0 Å². The fraction of sp³-hybridized carbons (Fsp3) is 0.125. The molecule has 0 saturated heterocycles. The highest BCUT2D eigenvalue weighted by atomic mass is 16.7. The number of carbonyl (C=O) groups is 1. The molecule has 2 N–H and O–H groups in total. The third kappa shape index (κ3) is 2.49.